The minimum absolute atomic E-state index is 0.253. The molecular formula is C22H37N7O2. The van der Waals surface area contributed by atoms with Gasteiger partial charge in [-0.3, -0.25) is 0 Å². The van der Waals surface area contributed by atoms with E-state index in [2.05, 4.69) is 40.5 Å². The molecule has 2 heterocycles. The smallest absolute Gasteiger partial charge is 0.315 e. The number of pyridine rings is 1. The van der Waals surface area contributed by atoms with Gasteiger partial charge in [0.2, 0.25) is 0 Å². The highest BCUT2D eigenvalue weighted by atomic mass is 16.5. The van der Waals surface area contributed by atoms with E-state index in [0.717, 1.165) is 48.8 Å². The molecule has 1 unspecified atom stereocenters. The summed E-state index contributed by atoms with van der Waals surface area (Å²) < 4.78 is 7.95. The molecule has 0 aliphatic heterocycles. The first-order valence-corrected chi connectivity index (χ1v) is 11.3. The van der Waals surface area contributed by atoms with Crippen molar-refractivity contribution in [2.24, 2.45) is 5.73 Å². The number of primary amides is 1. The van der Waals surface area contributed by atoms with Gasteiger partial charge in [0.25, 0.3) is 0 Å². The lowest BCUT2D eigenvalue weighted by molar-refractivity contribution is 0.0880. The molecule has 1 saturated carbocycles. The third kappa shape index (κ3) is 5.86. The van der Waals surface area contributed by atoms with Crippen LogP contribution < -0.4 is 11.5 Å². The summed E-state index contributed by atoms with van der Waals surface area (Å²) in [5, 5.41) is 0. The van der Waals surface area contributed by atoms with Gasteiger partial charge < -0.3 is 30.6 Å². The van der Waals surface area contributed by atoms with Crippen molar-refractivity contribution in [3.05, 3.63) is 18.1 Å². The van der Waals surface area contributed by atoms with Gasteiger partial charge in [-0.15, -0.1) is 0 Å². The number of nitrogens with zero attached hydrogens (tertiary/aromatic N) is 5. The number of likely N-dealkylation sites (N-methyl/N-ethyl adjacent to an activating group) is 1. The lowest BCUT2D eigenvalue weighted by Gasteiger charge is -2.33. The maximum Gasteiger partial charge on any atom is 0.315 e. The summed E-state index contributed by atoms with van der Waals surface area (Å²) in [6, 6.07) is -0.0951. The molecular weight excluding hydrogens is 394 g/mol. The molecule has 1 aliphatic rings. The molecule has 1 atom stereocenters. The Hall–Kier alpha value is -2.39. The molecule has 1 fully saturated rings. The van der Waals surface area contributed by atoms with Gasteiger partial charge in [0.1, 0.15) is 5.52 Å². The minimum Gasteiger partial charge on any atom is -0.382 e. The molecule has 172 valence electrons. The van der Waals surface area contributed by atoms with Crippen LogP contribution in [0.5, 0.6) is 0 Å². The molecule has 0 bridgehead atoms. The van der Waals surface area contributed by atoms with Crippen LogP contribution >= 0.6 is 0 Å². The van der Waals surface area contributed by atoms with Crippen LogP contribution in [0.3, 0.4) is 0 Å². The second kappa shape index (κ2) is 10.8. The lowest BCUT2D eigenvalue weighted by Crippen LogP contribution is -2.46. The number of imidazole rings is 1. The number of carbonyl (C=O) groups is 1. The molecule has 2 aromatic rings. The zero-order valence-electron chi connectivity index (χ0n) is 19.1. The first kappa shape index (κ1) is 23.3. The van der Waals surface area contributed by atoms with Crippen LogP contribution in [0.25, 0.3) is 11.0 Å². The SMILES string of the molecule is CC(CN(C)C)c1cnc(N)c2ncn(CCOCCN(C(N)=O)C3CCCCC3)c12. The number of rotatable bonds is 10. The highest BCUT2D eigenvalue weighted by Gasteiger charge is 2.23. The number of nitrogens with two attached hydrogens (primary N) is 2. The third-order valence-corrected chi connectivity index (χ3v) is 6.12. The fraction of sp³-hybridized carbons (Fsp3) is 0.682. The summed E-state index contributed by atoms with van der Waals surface area (Å²) in [6.45, 7) is 5.27. The molecule has 0 saturated heterocycles. The number of ether oxygens (including phenoxy) is 1. The average molecular weight is 432 g/mol. The van der Waals surface area contributed by atoms with Crippen molar-refractivity contribution in [1.29, 1.82) is 0 Å². The zero-order valence-corrected chi connectivity index (χ0v) is 19.1. The van der Waals surface area contributed by atoms with Gasteiger partial charge in [0.15, 0.2) is 5.82 Å². The van der Waals surface area contributed by atoms with Crippen LogP contribution in [-0.4, -0.2) is 76.8 Å². The van der Waals surface area contributed by atoms with Crippen molar-refractivity contribution >= 4 is 22.9 Å². The molecule has 9 nitrogen and oxygen atoms in total. The quantitative estimate of drug-likeness (QED) is 0.558. The second-order valence-corrected chi connectivity index (χ2v) is 8.83. The van der Waals surface area contributed by atoms with E-state index in [4.69, 9.17) is 16.2 Å². The van der Waals surface area contributed by atoms with Crippen molar-refractivity contribution < 1.29 is 9.53 Å². The molecule has 3 rings (SSSR count). The molecule has 2 aromatic heterocycles. The van der Waals surface area contributed by atoms with Crippen LogP contribution in [0.4, 0.5) is 10.6 Å². The number of amides is 2. The Labute approximate surface area is 184 Å². The molecule has 1 aliphatic carbocycles. The molecule has 4 N–H and O–H groups in total. The van der Waals surface area contributed by atoms with Crippen LogP contribution in [-0.2, 0) is 11.3 Å². The Morgan fingerprint density at radius 3 is 2.68 bits per heavy atom. The van der Waals surface area contributed by atoms with Crippen molar-refractivity contribution in [3.63, 3.8) is 0 Å². The molecule has 0 spiro atoms. The average Bonchev–Trinajstić information content (AvgIpc) is 3.15. The van der Waals surface area contributed by atoms with Gasteiger partial charge in [0, 0.05) is 37.4 Å². The first-order chi connectivity index (χ1) is 14.9. The van der Waals surface area contributed by atoms with Crippen LogP contribution in [0.2, 0.25) is 0 Å². The van der Waals surface area contributed by atoms with Crippen LogP contribution in [0.1, 0.15) is 50.5 Å². The van der Waals surface area contributed by atoms with E-state index in [-0.39, 0.29) is 12.1 Å². The number of urea groups is 1. The summed E-state index contributed by atoms with van der Waals surface area (Å²) in [5.74, 6) is 0.738. The van der Waals surface area contributed by atoms with E-state index in [9.17, 15) is 4.79 Å². The van der Waals surface area contributed by atoms with Crippen molar-refractivity contribution in [3.8, 4) is 0 Å². The number of nitrogen functional groups attached to an aromatic ring is 1. The lowest BCUT2D eigenvalue weighted by atomic mass is 9.94. The first-order valence-electron chi connectivity index (χ1n) is 11.3. The van der Waals surface area contributed by atoms with Gasteiger partial charge in [-0.1, -0.05) is 26.2 Å². The predicted octanol–water partition coefficient (Wildman–Crippen LogP) is 2.41. The standard InChI is InChI=1S/C22H37N7O2/c1-16(14-27(2)3)18-13-25-21(23)19-20(18)28(15-26-19)9-11-31-12-10-29(22(24)30)17-7-5-4-6-8-17/h13,15-17H,4-12,14H2,1-3H3,(H2,23,25)(H2,24,30). The number of fused-ring (bicyclic) bond motifs is 1. The van der Waals surface area contributed by atoms with Gasteiger partial charge in [-0.25, -0.2) is 14.8 Å². The van der Waals surface area contributed by atoms with E-state index in [0.29, 0.717) is 38.0 Å². The van der Waals surface area contributed by atoms with Gasteiger partial charge in [0.05, 0.1) is 25.1 Å². The molecule has 9 heteroatoms. The molecule has 2 amide bonds. The summed E-state index contributed by atoms with van der Waals surface area (Å²) in [4.78, 5) is 24.6. The summed E-state index contributed by atoms with van der Waals surface area (Å²) in [7, 11) is 4.12. The third-order valence-electron chi connectivity index (χ3n) is 6.12. The Morgan fingerprint density at radius 2 is 2.00 bits per heavy atom. The summed E-state index contributed by atoms with van der Waals surface area (Å²) in [5.41, 5.74) is 14.6. The van der Waals surface area contributed by atoms with Crippen molar-refractivity contribution in [2.45, 2.75) is 57.5 Å². The Balaban J connectivity index is 1.59. The highest BCUT2D eigenvalue weighted by Crippen LogP contribution is 2.28. The number of carbonyl (C=O) groups excluding carboxylic acids is 1. The maximum atomic E-state index is 11.9. The van der Waals surface area contributed by atoms with E-state index in [1.807, 2.05) is 6.20 Å². The second-order valence-electron chi connectivity index (χ2n) is 8.83. The normalized spacial score (nSPS) is 16.1. The molecule has 31 heavy (non-hydrogen) atoms. The van der Waals surface area contributed by atoms with Gasteiger partial charge in [-0.2, -0.15) is 0 Å². The van der Waals surface area contributed by atoms with E-state index < -0.39 is 0 Å². The predicted molar refractivity (Wildman–Crippen MR) is 123 cm³/mol. The summed E-state index contributed by atoms with van der Waals surface area (Å²) >= 11 is 0. The number of hydrogen-bond acceptors (Lipinski definition) is 6. The van der Waals surface area contributed by atoms with Gasteiger partial charge >= 0.3 is 6.03 Å². The summed E-state index contributed by atoms with van der Waals surface area (Å²) in [6.07, 6.45) is 9.30. The highest BCUT2D eigenvalue weighted by molar-refractivity contribution is 5.87. The fourth-order valence-corrected chi connectivity index (χ4v) is 4.60. The van der Waals surface area contributed by atoms with Crippen LogP contribution in [0.15, 0.2) is 12.5 Å². The largest absolute Gasteiger partial charge is 0.382 e. The zero-order chi connectivity index (χ0) is 22.4. The Kier molecular flexibility index (Phi) is 8.09. The number of anilines is 1. The minimum atomic E-state index is -0.349. The van der Waals surface area contributed by atoms with E-state index in [1.165, 1.54) is 6.42 Å². The maximum absolute atomic E-state index is 11.9. The van der Waals surface area contributed by atoms with Crippen molar-refractivity contribution in [1.82, 2.24) is 24.3 Å². The topological polar surface area (TPSA) is 116 Å². The molecule has 0 aromatic carbocycles. The Bertz CT molecular complexity index is 861. The van der Waals surface area contributed by atoms with Crippen LogP contribution in [0, 0.1) is 0 Å². The van der Waals surface area contributed by atoms with E-state index >= 15 is 0 Å². The Morgan fingerprint density at radius 1 is 1.26 bits per heavy atom. The van der Waals surface area contributed by atoms with Gasteiger partial charge in [-0.05, 0) is 32.9 Å². The monoisotopic (exact) mass is 431 g/mol. The number of aromatic nitrogens is 3. The molecule has 0 radical (unpaired) electrons. The number of hydrogen-bond donors (Lipinski definition) is 2. The van der Waals surface area contributed by atoms with E-state index in [1.54, 1.807) is 11.2 Å². The fourth-order valence-electron chi connectivity index (χ4n) is 4.60. The van der Waals surface area contributed by atoms with Crippen molar-refractivity contribution in [2.75, 3.05) is 46.1 Å².